The van der Waals surface area contributed by atoms with Crippen molar-refractivity contribution in [1.29, 1.82) is 0 Å². The fourth-order valence-electron chi connectivity index (χ4n) is 4.42. The number of nitrogen functional groups attached to an aromatic ring is 1. The SMILES string of the molecule is Nc1cc(Br)ccc1N(C1CC1)C1CC1.O=[N+]([O-])c1cc(Br)ccc1N(C1CC1)C1CC1. The molecule has 6 nitrogen and oxygen atoms in total. The molecule has 0 heterocycles. The Kier molecular flexibility index (Phi) is 6.09. The summed E-state index contributed by atoms with van der Waals surface area (Å²) < 4.78 is 1.83. The van der Waals surface area contributed by atoms with Gasteiger partial charge in [0.15, 0.2) is 0 Å². The number of nitrogens with two attached hydrogens (primary N) is 1. The molecule has 2 N–H and O–H groups in total. The number of anilines is 3. The van der Waals surface area contributed by atoms with Gasteiger partial charge in [-0.15, -0.1) is 0 Å². The summed E-state index contributed by atoms with van der Waals surface area (Å²) in [5, 5.41) is 11.1. The third-order valence-corrected chi connectivity index (χ3v) is 7.43. The zero-order valence-electron chi connectivity index (χ0n) is 17.9. The van der Waals surface area contributed by atoms with Crippen molar-refractivity contribution < 1.29 is 4.92 Å². The summed E-state index contributed by atoms with van der Waals surface area (Å²) in [6.07, 6.45) is 10.0. The first kappa shape index (κ1) is 22.0. The minimum atomic E-state index is -0.280. The van der Waals surface area contributed by atoms with E-state index in [4.69, 9.17) is 5.73 Å². The molecule has 0 unspecified atom stereocenters. The van der Waals surface area contributed by atoms with Gasteiger partial charge in [0.2, 0.25) is 0 Å². The predicted molar refractivity (Wildman–Crippen MR) is 136 cm³/mol. The maximum absolute atomic E-state index is 11.1. The van der Waals surface area contributed by atoms with E-state index >= 15 is 0 Å². The Morgan fingerprint density at radius 2 is 1.16 bits per heavy atom. The van der Waals surface area contributed by atoms with Crippen molar-refractivity contribution in [1.82, 2.24) is 0 Å². The highest BCUT2D eigenvalue weighted by Crippen LogP contribution is 2.45. The molecular formula is C24H28Br2N4O2. The minimum Gasteiger partial charge on any atom is -0.397 e. The third-order valence-electron chi connectivity index (χ3n) is 6.44. The number of halogens is 2. The largest absolute Gasteiger partial charge is 0.397 e. The van der Waals surface area contributed by atoms with Gasteiger partial charge in [-0.1, -0.05) is 31.9 Å². The summed E-state index contributed by atoms with van der Waals surface area (Å²) in [4.78, 5) is 15.7. The van der Waals surface area contributed by atoms with E-state index in [1.807, 2.05) is 18.2 Å². The van der Waals surface area contributed by atoms with E-state index in [2.05, 4.69) is 53.8 Å². The average molecular weight is 564 g/mol. The van der Waals surface area contributed by atoms with Gasteiger partial charge >= 0.3 is 0 Å². The Labute approximate surface area is 205 Å². The molecule has 4 aliphatic rings. The van der Waals surface area contributed by atoms with Crippen molar-refractivity contribution >= 4 is 54.6 Å². The van der Waals surface area contributed by atoms with Crippen LogP contribution in [0.4, 0.5) is 22.7 Å². The zero-order valence-corrected chi connectivity index (χ0v) is 21.1. The number of hydrogen-bond acceptors (Lipinski definition) is 5. The molecule has 4 fully saturated rings. The summed E-state index contributed by atoms with van der Waals surface area (Å²) in [5.41, 5.74) is 9.24. The van der Waals surface area contributed by atoms with E-state index in [0.717, 1.165) is 32.4 Å². The van der Waals surface area contributed by atoms with Gasteiger partial charge in [-0.05, 0) is 81.7 Å². The van der Waals surface area contributed by atoms with E-state index in [1.165, 1.54) is 57.1 Å². The van der Waals surface area contributed by atoms with Gasteiger partial charge in [0.25, 0.3) is 5.69 Å². The summed E-state index contributed by atoms with van der Waals surface area (Å²) in [5.74, 6) is 0. The molecule has 0 aromatic heterocycles. The molecule has 32 heavy (non-hydrogen) atoms. The van der Waals surface area contributed by atoms with Crippen LogP contribution in [-0.2, 0) is 0 Å². The molecule has 2 aromatic rings. The van der Waals surface area contributed by atoms with Crippen molar-refractivity contribution in [2.24, 2.45) is 0 Å². The van der Waals surface area contributed by atoms with Crippen LogP contribution < -0.4 is 15.5 Å². The fraction of sp³-hybridized carbons (Fsp3) is 0.500. The molecule has 4 saturated carbocycles. The van der Waals surface area contributed by atoms with E-state index in [-0.39, 0.29) is 10.6 Å². The lowest BCUT2D eigenvalue weighted by molar-refractivity contribution is -0.384. The molecule has 0 atom stereocenters. The van der Waals surface area contributed by atoms with Crippen LogP contribution in [0.1, 0.15) is 51.4 Å². The minimum absolute atomic E-state index is 0.221. The first-order chi connectivity index (χ1) is 15.4. The molecule has 0 aliphatic heterocycles. The van der Waals surface area contributed by atoms with Crippen molar-refractivity contribution in [3.05, 3.63) is 55.5 Å². The van der Waals surface area contributed by atoms with E-state index in [0.29, 0.717) is 12.1 Å². The normalized spacial score (nSPS) is 19.7. The van der Waals surface area contributed by atoms with Crippen LogP contribution in [0.2, 0.25) is 0 Å². The van der Waals surface area contributed by atoms with Crippen LogP contribution in [0.15, 0.2) is 45.3 Å². The Balaban J connectivity index is 0.000000136. The Hall–Kier alpha value is -1.80. The van der Waals surface area contributed by atoms with Crippen molar-refractivity contribution in [2.75, 3.05) is 15.5 Å². The number of benzene rings is 2. The molecule has 4 aliphatic carbocycles. The Morgan fingerprint density at radius 1 is 0.750 bits per heavy atom. The van der Waals surface area contributed by atoms with Crippen LogP contribution in [0.25, 0.3) is 0 Å². The average Bonchev–Trinajstić information content (AvgIpc) is 3.60. The Bertz CT molecular complexity index is 993. The van der Waals surface area contributed by atoms with Crippen molar-refractivity contribution in [2.45, 2.75) is 75.5 Å². The first-order valence-electron chi connectivity index (χ1n) is 11.5. The monoisotopic (exact) mass is 562 g/mol. The highest BCUT2D eigenvalue weighted by Gasteiger charge is 2.42. The fourth-order valence-corrected chi connectivity index (χ4v) is 5.14. The van der Waals surface area contributed by atoms with Gasteiger partial charge in [-0.2, -0.15) is 0 Å². The van der Waals surface area contributed by atoms with Crippen LogP contribution in [-0.4, -0.2) is 29.1 Å². The standard InChI is InChI=1S/C12H13BrN2O2.C12H15BrN2/c13-8-1-6-11(12(7-8)15(16)17)14(9-2-3-9)10-4-5-10;13-8-1-6-12(11(14)7-8)15(9-2-3-9)10-4-5-10/h1,6-7,9-10H,2-5H2;1,6-7,9-10H,2-5,14H2. The molecule has 0 spiro atoms. The lowest BCUT2D eigenvalue weighted by Gasteiger charge is -2.26. The molecule has 6 rings (SSSR count). The highest BCUT2D eigenvalue weighted by molar-refractivity contribution is 9.10. The second kappa shape index (κ2) is 8.86. The summed E-state index contributed by atoms with van der Waals surface area (Å²) in [6.45, 7) is 0. The maximum atomic E-state index is 11.1. The maximum Gasteiger partial charge on any atom is 0.293 e. The number of rotatable bonds is 7. The summed E-state index contributed by atoms with van der Waals surface area (Å²) >= 11 is 6.75. The lowest BCUT2D eigenvalue weighted by Crippen LogP contribution is -2.28. The smallest absolute Gasteiger partial charge is 0.293 e. The third kappa shape index (κ3) is 5.06. The number of nitrogens with zero attached hydrogens (tertiary/aromatic N) is 3. The molecule has 0 bridgehead atoms. The van der Waals surface area contributed by atoms with Gasteiger partial charge in [0, 0.05) is 39.2 Å². The topological polar surface area (TPSA) is 75.6 Å². The first-order valence-corrected chi connectivity index (χ1v) is 13.1. The molecule has 2 aromatic carbocycles. The van der Waals surface area contributed by atoms with Crippen molar-refractivity contribution in [3.8, 4) is 0 Å². The van der Waals surface area contributed by atoms with Crippen LogP contribution in [0.3, 0.4) is 0 Å². The predicted octanol–water partition coefficient (Wildman–Crippen LogP) is 6.65. The van der Waals surface area contributed by atoms with Gasteiger partial charge < -0.3 is 15.5 Å². The van der Waals surface area contributed by atoms with E-state index < -0.39 is 0 Å². The molecule has 8 heteroatoms. The zero-order chi connectivity index (χ0) is 22.4. The van der Waals surface area contributed by atoms with Gasteiger partial charge in [-0.3, -0.25) is 10.1 Å². The highest BCUT2D eigenvalue weighted by atomic mass is 79.9. The van der Waals surface area contributed by atoms with Crippen molar-refractivity contribution in [3.63, 3.8) is 0 Å². The van der Waals surface area contributed by atoms with Gasteiger partial charge in [-0.25, -0.2) is 0 Å². The second-order valence-electron chi connectivity index (χ2n) is 9.33. The quantitative estimate of drug-likeness (QED) is 0.232. The van der Waals surface area contributed by atoms with Gasteiger partial charge in [0.05, 0.1) is 16.3 Å². The molecule has 0 radical (unpaired) electrons. The van der Waals surface area contributed by atoms with Crippen LogP contribution in [0, 0.1) is 10.1 Å². The lowest BCUT2D eigenvalue weighted by atomic mass is 10.2. The molecule has 170 valence electrons. The summed E-state index contributed by atoms with van der Waals surface area (Å²) in [6, 6.07) is 14.2. The Morgan fingerprint density at radius 3 is 1.56 bits per heavy atom. The molecule has 0 amide bonds. The number of hydrogen-bond donors (Lipinski definition) is 1. The molecule has 0 saturated heterocycles. The van der Waals surface area contributed by atoms with Gasteiger partial charge in [0.1, 0.15) is 5.69 Å². The van der Waals surface area contributed by atoms with E-state index in [9.17, 15) is 10.1 Å². The summed E-state index contributed by atoms with van der Waals surface area (Å²) in [7, 11) is 0. The van der Waals surface area contributed by atoms with Crippen LogP contribution >= 0.6 is 31.9 Å². The number of nitro groups is 1. The second-order valence-corrected chi connectivity index (χ2v) is 11.2. The van der Waals surface area contributed by atoms with Crippen LogP contribution in [0.5, 0.6) is 0 Å². The molecular weight excluding hydrogens is 536 g/mol. The van der Waals surface area contributed by atoms with E-state index in [1.54, 1.807) is 6.07 Å². The number of nitro benzene ring substituents is 1.